The standard InChI is InChI=1S/C27H34F3N3O/c1-5-6-19-8-14-24-23(16-19)32-26(31-20-9-11-21(12-10-20)34-27(28,29)30)33(24)25-15-18(4)7-13-22(25)17(2)3/h8-12,14,16-18,22,25H,5-7,13,15H2,1-4H3,(H,31,32)/t18-,22-,25-/m1/s1. The Morgan fingerprint density at radius 2 is 1.85 bits per heavy atom. The first-order chi connectivity index (χ1) is 16.1. The molecule has 0 bridgehead atoms. The monoisotopic (exact) mass is 473 g/mol. The minimum atomic E-state index is -4.71. The fourth-order valence-electron chi connectivity index (χ4n) is 5.33. The lowest BCUT2D eigenvalue weighted by Crippen LogP contribution is -2.30. The third kappa shape index (κ3) is 5.50. The maximum Gasteiger partial charge on any atom is 0.573 e. The van der Waals surface area contributed by atoms with Gasteiger partial charge in [0.25, 0.3) is 0 Å². The lowest BCUT2D eigenvalue weighted by Gasteiger charge is -2.39. The number of nitrogens with zero attached hydrogens (tertiary/aromatic N) is 2. The number of ether oxygens (including phenoxy) is 1. The van der Waals surface area contributed by atoms with E-state index in [-0.39, 0.29) is 5.75 Å². The van der Waals surface area contributed by atoms with Crippen LogP contribution < -0.4 is 10.1 Å². The number of hydrogen-bond acceptors (Lipinski definition) is 3. The van der Waals surface area contributed by atoms with Gasteiger partial charge in [0.05, 0.1) is 11.0 Å². The number of aryl methyl sites for hydroxylation is 1. The van der Waals surface area contributed by atoms with Crippen LogP contribution in [0.5, 0.6) is 5.75 Å². The first-order valence-electron chi connectivity index (χ1n) is 12.3. The Morgan fingerprint density at radius 1 is 1.12 bits per heavy atom. The zero-order valence-electron chi connectivity index (χ0n) is 20.3. The second-order valence-electron chi connectivity index (χ2n) is 9.97. The van der Waals surface area contributed by atoms with Crippen molar-refractivity contribution < 1.29 is 17.9 Å². The Morgan fingerprint density at radius 3 is 2.50 bits per heavy atom. The lowest BCUT2D eigenvalue weighted by atomic mass is 9.74. The first kappa shape index (κ1) is 24.4. The summed E-state index contributed by atoms with van der Waals surface area (Å²) in [5, 5.41) is 3.39. The van der Waals surface area contributed by atoms with Crippen molar-refractivity contribution in [3.8, 4) is 5.75 Å². The van der Waals surface area contributed by atoms with Gasteiger partial charge in [0.15, 0.2) is 0 Å². The highest BCUT2D eigenvalue weighted by molar-refractivity contribution is 5.81. The predicted octanol–water partition coefficient (Wildman–Crippen LogP) is 8.26. The summed E-state index contributed by atoms with van der Waals surface area (Å²) in [4.78, 5) is 4.97. The number of aromatic nitrogens is 2. The second kappa shape index (κ2) is 9.88. The Kier molecular flexibility index (Phi) is 7.10. The van der Waals surface area contributed by atoms with E-state index in [1.807, 2.05) is 0 Å². The van der Waals surface area contributed by atoms with Gasteiger partial charge in [-0.1, -0.05) is 46.6 Å². The van der Waals surface area contributed by atoms with Crippen molar-refractivity contribution in [2.24, 2.45) is 17.8 Å². The molecule has 1 fully saturated rings. The summed E-state index contributed by atoms with van der Waals surface area (Å²) in [6.07, 6.45) is 0.858. The second-order valence-corrected chi connectivity index (χ2v) is 9.97. The molecule has 3 atom stereocenters. The highest BCUT2D eigenvalue weighted by Gasteiger charge is 2.34. The Labute approximate surface area is 199 Å². The van der Waals surface area contributed by atoms with Crippen molar-refractivity contribution in [3.63, 3.8) is 0 Å². The minimum absolute atomic E-state index is 0.239. The zero-order valence-corrected chi connectivity index (χ0v) is 20.3. The van der Waals surface area contributed by atoms with Crippen molar-refractivity contribution in [2.75, 3.05) is 5.32 Å². The van der Waals surface area contributed by atoms with Crippen LogP contribution in [0.3, 0.4) is 0 Å². The van der Waals surface area contributed by atoms with Crippen LogP contribution >= 0.6 is 0 Å². The summed E-state index contributed by atoms with van der Waals surface area (Å²) in [5.74, 6) is 2.20. The SMILES string of the molecule is CCCc1ccc2c(c1)nc(Nc1ccc(OC(F)(F)F)cc1)n2[C@@H]1C[C@H](C)CC[C@@H]1C(C)C. The topological polar surface area (TPSA) is 39.1 Å². The quantitative estimate of drug-likeness (QED) is 0.375. The van der Waals surface area contributed by atoms with E-state index >= 15 is 0 Å². The molecule has 0 spiro atoms. The largest absolute Gasteiger partial charge is 0.573 e. The van der Waals surface area contributed by atoms with Crippen LogP contribution in [-0.4, -0.2) is 15.9 Å². The molecule has 1 aromatic heterocycles. The van der Waals surface area contributed by atoms with Gasteiger partial charge in [0.2, 0.25) is 5.95 Å². The van der Waals surface area contributed by atoms with E-state index in [4.69, 9.17) is 4.98 Å². The van der Waals surface area contributed by atoms with Crippen molar-refractivity contribution in [1.29, 1.82) is 0 Å². The number of benzene rings is 2. The van der Waals surface area contributed by atoms with Crippen LogP contribution in [0.2, 0.25) is 0 Å². The summed E-state index contributed by atoms with van der Waals surface area (Å²) < 4.78 is 44.0. The molecule has 4 nitrogen and oxygen atoms in total. The molecular weight excluding hydrogens is 439 g/mol. The van der Waals surface area contributed by atoms with Crippen LogP contribution in [0, 0.1) is 17.8 Å². The average molecular weight is 474 g/mol. The van der Waals surface area contributed by atoms with E-state index in [2.05, 4.69) is 60.5 Å². The zero-order chi connectivity index (χ0) is 24.5. The summed E-state index contributed by atoms with van der Waals surface area (Å²) in [7, 11) is 0. The van der Waals surface area contributed by atoms with E-state index in [1.165, 1.54) is 30.5 Å². The predicted molar refractivity (Wildman–Crippen MR) is 131 cm³/mol. The fraction of sp³-hybridized carbons (Fsp3) is 0.519. The summed E-state index contributed by atoms with van der Waals surface area (Å²) in [6, 6.07) is 12.7. The van der Waals surface area contributed by atoms with Gasteiger partial charge in [-0.25, -0.2) is 4.98 Å². The summed E-state index contributed by atoms with van der Waals surface area (Å²) in [6.45, 7) is 9.06. The van der Waals surface area contributed by atoms with Gasteiger partial charge in [0, 0.05) is 11.7 Å². The number of hydrogen-bond donors (Lipinski definition) is 1. The molecule has 1 aliphatic carbocycles. The number of anilines is 2. The van der Waals surface area contributed by atoms with Gasteiger partial charge in [-0.3, -0.25) is 0 Å². The number of alkyl halides is 3. The van der Waals surface area contributed by atoms with E-state index in [0.717, 1.165) is 36.2 Å². The molecule has 7 heteroatoms. The number of rotatable bonds is 7. The fourth-order valence-corrected chi connectivity index (χ4v) is 5.33. The molecule has 184 valence electrons. The maximum atomic E-state index is 12.5. The molecule has 0 radical (unpaired) electrons. The normalized spacial score (nSPS) is 21.2. The highest BCUT2D eigenvalue weighted by Crippen LogP contribution is 2.44. The molecule has 34 heavy (non-hydrogen) atoms. The van der Waals surface area contributed by atoms with Gasteiger partial charge in [-0.2, -0.15) is 0 Å². The number of fused-ring (bicyclic) bond motifs is 1. The van der Waals surface area contributed by atoms with Crippen molar-refractivity contribution in [1.82, 2.24) is 9.55 Å². The number of halogens is 3. The number of nitrogens with one attached hydrogen (secondary N) is 1. The average Bonchev–Trinajstić information content (AvgIpc) is 3.11. The van der Waals surface area contributed by atoms with Gasteiger partial charge >= 0.3 is 6.36 Å². The molecule has 4 rings (SSSR count). The Bertz CT molecular complexity index is 1100. The molecule has 1 saturated carbocycles. The van der Waals surface area contributed by atoms with E-state index in [0.29, 0.717) is 29.5 Å². The van der Waals surface area contributed by atoms with Crippen molar-refractivity contribution in [2.45, 2.75) is 72.2 Å². The molecule has 2 aromatic carbocycles. The molecule has 0 unspecified atom stereocenters. The molecule has 0 aliphatic heterocycles. The van der Waals surface area contributed by atoms with Gasteiger partial charge in [-0.05, 0) is 79.0 Å². The first-order valence-corrected chi connectivity index (χ1v) is 12.3. The lowest BCUT2D eigenvalue weighted by molar-refractivity contribution is -0.274. The maximum absolute atomic E-state index is 12.5. The number of imidazole rings is 1. The Balaban J connectivity index is 1.74. The minimum Gasteiger partial charge on any atom is -0.406 e. The van der Waals surface area contributed by atoms with E-state index in [1.54, 1.807) is 12.1 Å². The molecular formula is C27H34F3N3O. The molecule has 1 N–H and O–H groups in total. The molecule has 3 aromatic rings. The highest BCUT2D eigenvalue weighted by atomic mass is 19.4. The summed E-state index contributed by atoms with van der Waals surface area (Å²) >= 11 is 0. The van der Waals surface area contributed by atoms with Crippen LogP contribution in [0.1, 0.15) is 65.0 Å². The molecule has 0 amide bonds. The van der Waals surface area contributed by atoms with Crippen molar-refractivity contribution >= 4 is 22.7 Å². The third-order valence-electron chi connectivity index (χ3n) is 6.96. The van der Waals surface area contributed by atoms with Crippen LogP contribution in [0.15, 0.2) is 42.5 Å². The molecule has 0 saturated heterocycles. The van der Waals surface area contributed by atoms with E-state index < -0.39 is 6.36 Å². The third-order valence-corrected chi connectivity index (χ3v) is 6.96. The van der Waals surface area contributed by atoms with Gasteiger partial charge in [-0.15, -0.1) is 13.2 Å². The van der Waals surface area contributed by atoms with Crippen molar-refractivity contribution in [3.05, 3.63) is 48.0 Å². The van der Waals surface area contributed by atoms with Gasteiger partial charge < -0.3 is 14.6 Å². The Hall–Kier alpha value is -2.70. The smallest absolute Gasteiger partial charge is 0.406 e. The van der Waals surface area contributed by atoms with Crippen LogP contribution in [0.25, 0.3) is 11.0 Å². The summed E-state index contributed by atoms with van der Waals surface area (Å²) in [5.41, 5.74) is 3.98. The molecule has 1 heterocycles. The van der Waals surface area contributed by atoms with Crippen LogP contribution in [0.4, 0.5) is 24.8 Å². The molecule has 1 aliphatic rings. The van der Waals surface area contributed by atoms with Crippen LogP contribution in [-0.2, 0) is 6.42 Å². The van der Waals surface area contributed by atoms with Gasteiger partial charge in [0.1, 0.15) is 5.75 Å². The van der Waals surface area contributed by atoms with E-state index in [9.17, 15) is 13.2 Å².